The number of benzene rings is 1. The molecule has 1 aromatic carbocycles. The average Bonchev–Trinajstić information content (AvgIpc) is 2.69. The van der Waals surface area contributed by atoms with E-state index >= 15 is 0 Å². The Bertz CT molecular complexity index is 495. The summed E-state index contributed by atoms with van der Waals surface area (Å²) in [6, 6.07) is 5.78. The SMILES string of the molecule is CCC(C)C(N)c1nc2ccc(Cl)cc2s1. The van der Waals surface area contributed by atoms with E-state index in [1.165, 1.54) is 0 Å². The van der Waals surface area contributed by atoms with Crippen molar-refractivity contribution in [1.82, 2.24) is 4.98 Å². The third-order valence-electron chi connectivity index (χ3n) is 2.91. The van der Waals surface area contributed by atoms with Gasteiger partial charge in [-0.05, 0) is 24.1 Å². The quantitative estimate of drug-likeness (QED) is 0.899. The number of rotatable bonds is 3. The summed E-state index contributed by atoms with van der Waals surface area (Å²) in [5, 5.41) is 1.76. The predicted molar refractivity (Wildman–Crippen MR) is 71.0 cm³/mol. The number of hydrogen-bond acceptors (Lipinski definition) is 3. The van der Waals surface area contributed by atoms with Crippen LogP contribution in [-0.2, 0) is 0 Å². The highest BCUT2D eigenvalue weighted by Gasteiger charge is 2.17. The molecule has 2 unspecified atom stereocenters. The molecule has 0 spiro atoms. The number of aromatic nitrogens is 1. The number of thiazole rings is 1. The van der Waals surface area contributed by atoms with Gasteiger partial charge < -0.3 is 5.73 Å². The normalized spacial score (nSPS) is 15.2. The van der Waals surface area contributed by atoms with Crippen LogP contribution in [0.1, 0.15) is 31.3 Å². The topological polar surface area (TPSA) is 38.9 Å². The molecule has 86 valence electrons. The molecule has 2 N–H and O–H groups in total. The lowest BCUT2D eigenvalue weighted by atomic mass is 10.0. The molecule has 2 atom stereocenters. The minimum atomic E-state index is 0.0289. The van der Waals surface area contributed by atoms with Crippen LogP contribution >= 0.6 is 22.9 Å². The molecule has 0 amide bonds. The molecule has 2 aromatic rings. The van der Waals surface area contributed by atoms with Crippen molar-refractivity contribution in [2.45, 2.75) is 26.3 Å². The second-order valence-electron chi connectivity index (χ2n) is 4.08. The monoisotopic (exact) mass is 254 g/mol. The fraction of sp³-hybridized carbons (Fsp3) is 0.417. The van der Waals surface area contributed by atoms with E-state index in [0.29, 0.717) is 5.92 Å². The molecular formula is C12H15ClN2S. The largest absolute Gasteiger partial charge is 0.322 e. The summed E-state index contributed by atoms with van der Waals surface area (Å²) in [5.74, 6) is 0.455. The van der Waals surface area contributed by atoms with Gasteiger partial charge in [0.1, 0.15) is 5.01 Å². The fourth-order valence-corrected chi connectivity index (χ4v) is 2.93. The molecule has 0 radical (unpaired) electrons. The summed E-state index contributed by atoms with van der Waals surface area (Å²) < 4.78 is 1.11. The first kappa shape index (κ1) is 11.8. The molecule has 0 saturated carbocycles. The van der Waals surface area contributed by atoms with E-state index in [9.17, 15) is 0 Å². The van der Waals surface area contributed by atoms with E-state index in [1.807, 2.05) is 18.2 Å². The maximum absolute atomic E-state index is 6.17. The molecule has 0 aliphatic heterocycles. The van der Waals surface area contributed by atoms with Gasteiger partial charge in [-0.2, -0.15) is 0 Å². The molecule has 0 aliphatic carbocycles. The van der Waals surface area contributed by atoms with Gasteiger partial charge in [0.15, 0.2) is 0 Å². The molecule has 0 bridgehead atoms. The highest BCUT2D eigenvalue weighted by molar-refractivity contribution is 7.18. The Morgan fingerprint density at radius 1 is 1.50 bits per heavy atom. The zero-order valence-electron chi connectivity index (χ0n) is 9.40. The zero-order chi connectivity index (χ0) is 11.7. The summed E-state index contributed by atoms with van der Waals surface area (Å²) >= 11 is 7.59. The molecule has 2 rings (SSSR count). The Kier molecular flexibility index (Phi) is 3.47. The molecule has 16 heavy (non-hydrogen) atoms. The van der Waals surface area contributed by atoms with Gasteiger partial charge in [-0.25, -0.2) is 4.98 Å². The van der Waals surface area contributed by atoms with Gasteiger partial charge in [0.05, 0.1) is 16.3 Å². The summed E-state index contributed by atoms with van der Waals surface area (Å²) in [5.41, 5.74) is 7.15. The molecule has 0 aliphatic rings. The van der Waals surface area contributed by atoms with Crippen LogP contribution in [0.4, 0.5) is 0 Å². The van der Waals surface area contributed by atoms with Gasteiger partial charge in [-0.3, -0.25) is 0 Å². The van der Waals surface area contributed by atoms with Crippen molar-refractivity contribution in [3.8, 4) is 0 Å². The van der Waals surface area contributed by atoms with Gasteiger partial charge in [-0.1, -0.05) is 31.9 Å². The predicted octanol–water partition coefficient (Wildman–Crippen LogP) is 4.00. The molecule has 2 nitrogen and oxygen atoms in total. The number of fused-ring (bicyclic) bond motifs is 1. The number of nitrogens with two attached hydrogens (primary N) is 1. The summed E-state index contributed by atoms with van der Waals surface area (Å²) in [4.78, 5) is 4.56. The van der Waals surface area contributed by atoms with Crippen molar-refractivity contribution in [3.63, 3.8) is 0 Å². The first-order valence-electron chi connectivity index (χ1n) is 5.43. The van der Waals surface area contributed by atoms with E-state index in [1.54, 1.807) is 11.3 Å². The standard InChI is InChI=1S/C12H15ClN2S/c1-3-7(2)11(14)12-15-9-5-4-8(13)6-10(9)16-12/h4-7,11H,3,14H2,1-2H3. The Morgan fingerprint density at radius 2 is 2.25 bits per heavy atom. The fourth-order valence-electron chi connectivity index (χ4n) is 1.56. The first-order valence-corrected chi connectivity index (χ1v) is 6.62. The molecule has 0 fully saturated rings. The maximum atomic E-state index is 6.17. The second kappa shape index (κ2) is 4.70. The van der Waals surface area contributed by atoms with Crippen LogP contribution in [0.5, 0.6) is 0 Å². The Balaban J connectivity index is 2.39. The number of halogens is 1. The van der Waals surface area contributed by atoms with Crippen molar-refractivity contribution in [3.05, 3.63) is 28.2 Å². The van der Waals surface area contributed by atoms with Crippen LogP contribution in [0.2, 0.25) is 5.02 Å². The van der Waals surface area contributed by atoms with Gasteiger partial charge in [0.25, 0.3) is 0 Å². The minimum absolute atomic E-state index is 0.0289. The van der Waals surface area contributed by atoms with Crippen LogP contribution in [0.3, 0.4) is 0 Å². The summed E-state index contributed by atoms with van der Waals surface area (Å²) in [7, 11) is 0. The van der Waals surface area contributed by atoms with Crippen LogP contribution in [0.25, 0.3) is 10.2 Å². The van der Waals surface area contributed by atoms with Crippen LogP contribution in [-0.4, -0.2) is 4.98 Å². The van der Waals surface area contributed by atoms with E-state index in [4.69, 9.17) is 17.3 Å². The van der Waals surface area contributed by atoms with Crippen molar-refractivity contribution < 1.29 is 0 Å². The average molecular weight is 255 g/mol. The highest BCUT2D eigenvalue weighted by Crippen LogP contribution is 2.31. The van der Waals surface area contributed by atoms with E-state index in [0.717, 1.165) is 26.7 Å². The third kappa shape index (κ3) is 2.21. The van der Waals surface area contributed by atoms with E-state index in [-0.39, 0.29) is 6.04 Å². The molecule has 4 heteroatoms. The lowest BCUT2D eigenvalue weighted by Gasteiger charge is -2.14. The van der Waals surface area contributed by atoms with Gasteiger partial charge >= 0.3 is 0 Å². The smallest absolute Gasteiger partial charge is 0.111 e. The first-order chi connectivity index (χ1) is 7.61. The molecule has 0 saturated heterocycles. The second-order valence-corrected chi connectivity index (χ2v) is 5.57. The molecule has 1 aromatic heterocycles. The van der Waals surface area contributed by atoms with Crippen molar-refractivity contribution in [2.75, 3.05) is 0 Å². The molecule has 1 heterocycles. The summed E-state index contributed by atoms with van der Waals surface area (Å²) in [6.07, 6.45) is 1.07. The highest BCUT2D eigenvalue weighted by atomic mass is 35.5. The van der Waals surface area contributed by atoms with Crippen molar-refractivity contribution in [1.29, 1.82) is 0 Å². The van der Waals surface area contributed by atoms with Crippen LogP contribution in [0.15, 0.2) is 18.2 Å². The van der Waals surface area contributed by atoms with E-state index in [2.05, 4.69) is 18.8 Å². The van der Waals surface area contributed by atoms with Crippen molar-refractivity contribution in [2.24, 2.45) is 11.7 Å². The molecular weight excluding hydrogens is 240 g/mol. The lowest BCUT2D eigenvalue weighted by molar-refractivity contribution is 0.456. The third-order valence-corrected chi connectivity index (χ3v) is 4.26. The van der Waals surface area contributed by atoms with Crippen LogP contribution < -0.4 is 5.73 Å². The van der Waals surface area contributed by atoms with Crippen LogP contribution in [0, 0.1) is 5.92 Å². The Labute approximate surface area is 104 Å². The Morgan fingerprint density at radius 3 is 2.94 bits per heavy atom. The number of nitrogens with zero attached hydrogens (tertiary/aromatic N) is 1. The Hall–Kier alpha value is -0.640. The van der Waals surface area contributed by atoms with Gasteiger partial charge in [0, 0.05) is 5.02 Å². The lowest BCUT2D eigenvalue weighted by Crippen LogP contribution is -2.18. The zero-order valence-corrected chi connectivity index (χ0v) is 11.0. The van der Waals surface area contributed by atoms with E-state index < -0.39 is 0 Å². The maximum Gasteiger partial charge on any atom is 0.111 e. The van der Waals surface area contributed by atoms with Gasteiger partial charge in [0.2, 0.25) is 0 Å². The summed E-state index contributed by atoms with van der Waals surface area (Å²) in [6.45, 7) is 4.30. The number of hydrogen-bond donors (Lipinski definition) is 1. The van der Waals surface area contributed by atoms with Gasteiger partial charge in [-0.15, -0.1) is 11.3 Å². The minimum Gasteiger partial charge on any atom is -0.322 e. The van der Waals surface area contributed by atoms with Crippen molar-refractivity contribution >= 4 is 33.2 Å².